The van der Waals surface area contributed by atoms with Crippen LogP contribution < -0.4 is 4.89 Å². The van der Waals surface area contributed by atoms with Crippen LogP contribution >= 0.6 is 7.82 Å². The first-order valence-electron chi connectivity index (χ1n) is 30.7. The van der Waals surface area contributed by atoms with Crippen LogP contribution in [0.3, 0.4) is 0 Å². The van der Waals surface area contributed by atoms with E-state index in [1.54, 1.807) is 0 Å². The molecule has 0 aromatic heterocycles. The van der Waals surface area contributed by atoms with Crippen LogP contribution in [0.5, 0.6) is 0 Å². The zero-order valence-electron chi connectivity index (χ0n) is 48.1. The number of carbonyl (C=O) groups excluding carboxylic acids is 2. The van der Waals surface area contributed by atoms with Crippen LogP contribution in [0, 0.1) is 0 Å². The summed E-state index contributed by atoms with van der Waals surface area (Å²) >= 11 is 0. The average molecular weight is 1040 g/mol. The van der Waals surface area contributed by atoms with Crippen molar-refractivity contribution in [1.29, 1.82) is 0 Å². The Kier molecular flexibility index (Phi) is 52.7. The van der Waals surface area contributed by atoms with E-state index in [9.17, 15) is 19.0 Å². The lowest BCUT2D eigenvalue weighted by Crippen LogP contribution is -2.37. The Morgan fingerprint density at radius 3 is 1.11 bits per heavy atom. The Labute approximate surface area is 446 Å². The Bertz CT molecular complexity index is 1310. The molecule has 0 saturated heterocycles. The number of hydrogen-bond acceptors (Lipinski definition) is 8. The maximum absolute atomic E-state index is 12.8. The topological polar surface area (TPSA) is 111 Å². The smallest absolute Gasteiger partial charge is 0.306 e. The van der Waals surface area contributed by atoms with E-state index in [4.69, 9.17) is 18.5 Å². The fourth-order valence-electron chi connectivity index (χ4n) is 8.86. The van der Waals surface area contributed by atoms with E-state index < -0.39 is 26.5 Å². The highest BCUT2D eigenvalue weighted by atomic mass is 31.2. The van der Waals surface area contributed by atoms with Crippen LogP contribution in [0.15, 0.2) is 36.5 Å². The second-order valence-electron chi connectivity index (χ2n) is 22.1. The molecule has 9 nitrogen and oxygen atoms in total. The van der Waals surface area contributed by atoms with Gasteiger partial charge in [-0.1, -0.05) is 249 Å². The van der Waals surface area contributed by atoms with Crippen LogP contribution in [-0.2, 0) is 32.7 Å². The SMILES string of the molecule is CCCCCCC/C=C\C/C=C\CCCCCCCCCCCCCCCCCC(=O)OC(COC(=O)CCCCCCCCCCC/C=C\CCCCCCCCCC)COP(=O)([O-])OCC[N+](C)(C)C. The number of likely N-dealkylation sites (N-methyl/N-ethyl adjacent to an activating group) is 1. The Hall–Kier alpha value is -1.77. The van der Waals surface area contributed by atoms with Crippen LogP contribution in [0.4, 0.5) is 0 Å². The minimum absolute atomic E-state index is 0.0297. The fourth-order valence-corrected chi connectivity index (χ4v) is 9.59. The van der Waals surface area contributed by atoms with Crippen LogP contribution in [-0.4, -0.2) is 70.0 Å². The molecule has 10 heteroatoms. The number of carbonyl (C=O) groups is 2. The molecule has 0 amide bonds. The van der Waals surface area contributed by atoms with E-state index >= 15 is 0 Å². The Balaban J connectivity index is 4.10. The van der Waals surface area contributed by atoms with E-state index in [1.807, 2.05) is 21.1 Å². The van der Waals surface area contributed by atoms with Gasteiger partial charge in [0.15, 0.2) is 6.10 Å². The maximum Gasteiger partial charge on any atom is 0.306 e. The van der Waals surface area contributed by atoms with Gasteiger partial charge in [-0.05, 0) is 70.6 Å². The van der Waals surface area contributed by atoms with Crippen molar-refractivity contribution in [2.24, 2.45) is 0 Å². The number of rotatable bonds is 57. The molecule has 0 rings (SSSR count). The molecule has 2 unspecified atom stereocenters. The number of hydrogen-bond donors (Lipinski definition) is 0. The second-order valence-corrected chi connectivity index (χ2v) is 23.5. The van der Waals surface area contributed by atoms with Gasteiger partial charge in [-0.25, -0.2) is 0 Å². The van der Waals surface area contributed by atoms with Crippen molar-refractivity contribution in [2.75, 3.05) is 47.5 Å². The second kappa shape index (κ2) is 54.0. The van der Waals surface area contributed by atoms with Crippen LogP contribution in [0.1, 0.15) is 296 Å². The van der Waals surface area contributed by atoms with Crippen molar-refractivity contribution in [2.45, 2.75) is 302 Å². The molecule has 0 aliphatic rings. The van der Waals surface area contributed by atoms with Gasteiger partial charge >= 0.3 is 11.9 Å². The number of nitrogens with zero attached hydrogens (tertiary/aromatic N) is 1. The van der Waals surface area contributed by atoms with Crippen molar-refractivity contribution in [3.8, 4) is 0 Å². The fraction of sp³-hybridized carbons (Fsp3) is 0.871. The molecule has 0 radical (unpaired) electrons. The molecule has 0 aliphatic heterocycles. The summed E-state index contributed by atoms with van der Waals surface area (Å²) in [5.41, 5.74) is 0. The molecule has 0 heterocycles. The first kappa shape index (κ1) is 70.2. The monoisotopic (exact) mass is 1040 g/mol. The lowest BCUT2D eigenvalue weighted by molar-refractivity contribution is -0.870. The maximum atomic E-state index is 12.8. The summed E-state index contributed by atoms with van der Waals surface area (Å²) in [7, 11) is 1.18. The zero-order chi connectivity index (χ0) is 52.7. The van der Waals surface area contributed by atoms with E-state index in [0.717, 1.165) is 44.9 Å². The van der Waals surface area contributed by atoms with Crippen molar-refractivity contribution in [1.82, 2.24) is 0 Å². The van der Waals surface area contributed by atoms with Gasteiger partial charge in [-0.15, -0.1) is 0 Å². The van der Waals surface area contributed by atoms with Gasteiger partial charge in [-0.3, -0.25) is 14.2 Å². The summed E-state index contributed by atoms with van der Waals surface area (Å²) in [6, 6.07) is 0. The first-order chi connectivity index (χ1) is 35.0. The third kappa shape index (κ3) is 57.5. The molecule has 0 N–H and O–H groups in total. The molecule has 424 valence electrons. The van der Waals surface area contributed by atoms with E-state index in [1.165, 1.54) is 218 Å². The molecule has 0 saturated carbocycles. The molecule has 2 atom stereocenters. The number of esters is 2. The number of phosphoric acid groups is 1. The number of allylic oxidation sites excluding steroid dienone is 6. The lowest BCUT2D eigenvalue weighted by atomic mass is 10.0. The number of ether oxygens (including phenoxy) is 2. The Morgan fingerprint density at radius 2 is 0.750 bits per heavy atom. The van der Waals surface area contributed by atoms with E-state index in [0.29, 0.717) is 17.4 Å². The Morgan fingerprint density at radius 1 is 0.431 bits per heavy atom. The first-order valence-corrected chi connectivity index (χ1v) is 32.2. The van der Waals surface area contributed by atoms with Gasteiger partial charge in [0.25, 0.3) is 7.82 Å². The molecule has 0 aliphatic carbocycles. The molecule has 0 aromatic carbocycles. The predicted octanol–water partition coefficient (Wildman–Crippen LogP) is 18.5. The van der Waals surface area contributed by atoms with E-state index in [2.05, 4.69) is 50.3 Å². The molecular formula is C62H118NO8P. The van der Waals surface area contributed by atoms with Crippen molar-refractivity contribution in [3.05, 3.63) is 36.5 Å². The number of unbranched alkanes of at least 4 members (excludes halogenated alkanes) is 37. The average Bonchev–Trinajstić information content (AvgIpc) is 3.34. The summed E-state index contributed by atoms with van der Waals surface area (Å²) in [5.74, 6) is -0.822. The highest BCUT2D eigenvalue weighted by Crippen LogP contribution is 2.38. The zero-order valence-corrected chi connectivity index (χ0v) is 49.0. The van der Waals surface area contributed by atoms with Gasteiger partial charge in [0, 0.05) is 12.8 Å². The molecule has 0 spiro atoms. The highest BCUT2D eigenvalue weighted by Gasteiger charge is 2.22. The van der Waals surface area contributed by atoms with Gasteiger partial charge < -0.3 is 27.9 Å². The van der Waals surface area contributed by atoms with Crippen molar-refractivity contribution < 1.29 is 42.1 Å². The van der Waals surface area contributed by atoms with Crippen molar-refractivity contribution in [3.63, 3.8) is 0 Å². The predicted molar refractivity (Wildman–Crippen MR) is 305 cm³/mol. The molecule has 72 heavy (non-hydrogen) atoms. The summed E-state index contributed by atoms with van der Waals surface area (Å²) in [6.45, 7) is 4.27. The standard InChI is InChI=1S/C62H118NO8P/c1-6-8-10-12-14-16-18-20-22-24-26-28-29-30-31-32-33-35-37-39-41-43-45-47-49-51-53-55-62(65)71-60(59-70-72(66,67)69-57-56-63(3,4)5)58-68-61(64)54-52-50-48-46-44-42-40-38-36-34-27-25-23-21-19-17-15-13-11-9-7-2/h18,20,24-27,60H,6-17,19,21-23,28-59H2,1-5H3/b20-18-,26-24-,27-25-. The van der Waals surface area contributed by atoms with Crippen LogP contribution in [0.25, 0.3) is 0 Å². The highest BCUT2D eigenvalue weighted by molar-refractivity contribution is 7.45. The lowest BCUT2D eigenvalue weighted by Gasteiger charge is -2.28. The molecular weight excluding hydrogens is 918 g/mol. The minimum Gasteiger partial charge on any atom is -0.756 e. The molecule has 0 bridgehead atoms. The largest absolute Gasteiger partial charge is 0.756 e. The minimum atomic E-state index is -4.64. The third-order valence-corrected chi connectivity index (χ3v) is 14.6. The molecule has 0 aromatic rings. The summed E-state index contributed by atoms with van der Waals surface area (Å²) < 4.78 is 34.2. The van der Waals surface area contributed by atoms with E-state index in [-0.39, 0.29) is 32.0 Å². The molecule has 0 fully saturated rings. The summed E-state index contributed by atoms with van der Waals surface area (Å²) in [5, 5.41) is 0. The number of quaternary nitrogens is 1. The quantitative estimate of drug-likeness (QED) is 0.0195. The van der Waals surface area contributed by atoms with Gasteiger partial charge in [-0.2, -0.15) is 0 Å². The van der Waals surface area contributed by atoms with Gasteiger partial charge in [0.2, 0.25) is 0 Å². The summed E-state index contributed by atoms with van der Waals surface area (Å²) in [4.78, 5) is 37.9. The van der Waals surface area contributed by atoms with Gasteiger partial charge in [0.05, 0.1) is 27.7 Å². The normalized spacial score (nSPS) is 13.5. The third-order valence-electron chi connectivity index (χ3n) is 13.6. The van der Waals surface area contributed by atoms with Crippen LogP contribution in [0.2, 0.25) is 0 Å². The van der Waals surface area contributed by atoms with Crippen molar-refractivity contribution >= 4 is 19.8 Å². The van der Waals surface area contributed by atoms with Gasteiger partial charge in [0.1, 0.15) is 19.8 Å². The summed E-state index contributed by atoms with van der Waals surface area (Å²) in [6.07, 6.45) is 66.2. The number of phosphoric ester groups is 1.